The molecule has 1 aliphatic heterocycles. The molecule has 3 rings (SSSR count). The first-order valence-electron chi connectivity index (χ1n) is 8.63. The summed E-state index contributed by atoms with van der Waals surface area (Å²) in [7, 11) is -3.32. The molecule has 0 saturated heterocycles. The largest absolute Gasteiger partial charge is 0.348 e. The molecule has 1 atom stereocenters. The fourth-order valence-electron chi connectivity index (χ4n) is 3.57. The molecule has 5 nitrogen and oxygen atoms in total. The van der Waals surface area contributed by atoms with Crippen LogP contribution in [-0.2, 0) is 23.0 Å². The van der Waals surface area contributed by atoms with E-state index in [1.807, 2.05) is 32.9 Å². The second-order valence-electron chi connectivity index (χ2n) is 7.07. The number of nitrogens with zero attached hydrogens (tertiary/aromatic N) is 1. The quantitative estimate of drug-likeness (QED) is 0.897. The molecule has 0 aromatic heterocycles. The molecule has 0 radical (unpaired) electrons. The van der Waals surface area contributed by atoms with Gasteiger partial charge in [-0.05, 0) is 62.1 Å². The molecule has 138 valence electrons. The number of nitrogens with one attached hydrogen (secondary N) is 1. The van der Waals surface area contributed by atoms with Crippen molar-refractivity contribution in [3.05, 3.63) is 64.2 Å². The smallest absolute Gasteiger partial charge is 0.251 e. The van der Waals surface area contributed by atoms with Crippen molar-refractivity contribution in [1.29, 1.82) is 0 Å². The van der Waals surface area contributed by atoms with E-state index >= 15 is 0 Å². The maximum atomic E-state index is 12.5. The van der Waals surface area contributed by atoms with Crippen LogP contribution in [0.3, 0.4) is 0 Å². The molecule has 1 unspecified atom stereocenters. The van der Waals surface area contributed by atoms with E-state index in [-0.39, 0.29) is 11.9 Å². The van der Waals surface area contributed by atoms with Crippen LogP contribution in [0.25, 0.3) is 0 Å². The molecule has 26 heavy (non-hydrogen) atoms. The highest BCUT2D eigenvalue weighted by atomic mass is 32.2. The van der Waals surface area contributed by atoms with E-state index < -0.39 is 10.0 Å². The average molecular weight is 372 g/mol. The highest BCUT2D eigenvalue weighted by molar-refractivity contribution is 7.92. The van der Waals surface area contributed by atoms with Crippen LogP contribution in [0.4, 0.5) is 5.69 Å². The van der Waals surface area contributed by atoms with Gasteiger partial charge in [-0.3, -0.25) is 9.10 Å². The SMILES string of the molecule is Cc1ccc(CNC(=O)c2ccc3c(c2)CC(C)N3S(C)(=O)=O)c(C)c1. The van der Waals surface area contributed by atoms with E-state index in [9.17, 15) is 13.2 Å². The van der Waals surface area contributed by atoms with Crippen LogP contribution in [0, 0.1) is 13.8 Å². The summed E-state index contributed by atoms with van der Waals surface area (Å²) in [5, 5.41) is 2.95. The van der Waals surface area contributed by atoms with Crippen molar-refractivity contribution >= 4 is 21.6 Å². The average Bonchev–Trinajstić information content (AvgIpc) is 2.88. The van der Waals surface area contributed by atoms with Gasteiger partial charge in [0.1, 0.15) is 0 Å². The summed E-state index contributed by atoms with van der Waals surface area (Å²) in [4.78, 5) is 12.5. The van der Waals surface area contributed by atoms with Gasteiger partial charge in [0.25, 0.3) is 5.91 Å². The summed E-state index contributed by atoms with van der Waals surface area (Å²) in [6.07, 6.45) is 1.82. The third-order valence-corrected chi connectivity index (χ3v) is 6.06. The predicted octanol–water partition coefficient (Wildman–Crippen LogP) is 2.94. The number of fused-ring (bicyclic) bond motifs is 1. The molecule has 0 aliphatic carbocycles. The second-order valence-corrected chi connectivity index (χ2v) is 8.93. The van der Waals surface area contributed by atoms with Gasteiger partial charge in [-0.1, -0.05) is 23.8 Å². The van der Waals surface area contributed by atoms with Crippen LogP contribution >= 0.6 is 0 Å². The summed E-state index contributed by atoms with van der Waals surface area (Å²) >= 11 is 0. The topological polar surface area (TPSA) is 66.5 Å². The number of carbonyl (C=O) groups is 1. The summed E-state index contributed by atoms with van der Waals surface area (Å²) in [6.45, 7) is 6.42. The normalized spacial score (nSPS) is 16.5. The minimum absolute atomic E-state index is 0.131. The van der Waals surface area contributed by atoms with E-state index in [2.05, 4.69) is 11.4 Å². The maximum Gasteiger partial charge on any atom is 0.251 e. The summed E-state index contributed by atoms with van der Waals surface area (Å²) in [6, 6.07) is 11.2. The molecule has 1 N–H and O–H groups in total. The Balaban J connectivity index is 1.77. The Bertz CT molecular complexity index is 967. The molecule has 1 amide bonds. The van der Waals surface area contributed by atoms with Gasteiger partial charge in [0.05, 0.1) is 11.9 Å². The van der Waals surface area contributed by atoms with Gasteiger partial charge in [-0.2, -0.15) is 0 Å². The lowest BCUT2D eigenvalue weighted by molar-refractivity contribution is 0.0951. The zero-order chi connectivity index (χ0) is 19.1. The summed E-state index contributed by atoms with van der Waals surface area (Å²) in [5.41, 5.74) is 5.55. The Hall–Kier alpha value is -2.34. The molecule has 0 fully saturated rings. The first-order valence-corrected chi connectivity index (χ1v) is 10.5. The van der Waals surface area contributed by atoms with Crippen LogP contribution in [0.15, 0.2) is 36.4 Å². The molecule has 0 spiro atoms. The third-order valence-electron chi connectivity index (χ3n) is 4.79. The fourth-order valence-corrected chi connectivity index (χ4v) is 4.83. The van der Waals surface area contributed by atoms with Crippen molar-refractivity contribution in [2.75, 3.05) is 10.6 Å². The van der Waals surface area contributed by atoms with E-state index in [4.69, 9.17) is 0 Å². The highest BCUT2D eigenvalue weighted by Gasteiger charge is 2.32. The molecule has 0 saturated carbocycles. The minimum Gasteiger partial charge on any atom is -0.348 e. The van der Waals surface area contributed by atoms with Crippen LogP contribution in [0.1, 0.15) is 39.5 Å². The molecule has 2 aromatic carbocycles. The van der Waals surface area contributed by atoms with Crippen LogP contribution < -0.4 is 9.62 Å². The van der Waals surface area contributed by atoms with Crippen molar-refractivity contribution in [1.82, 2.24) is 5.32 Å². The number of rotatable bonds is 4. The second kappa shape index (κ2) is 6.76. The van der Waals surface area contributed by atoms with Gasteiger partial charge in [0.15, 0.2) is 0 Å². The number of anilines is 1. The van der Waals surface area contributed by atoms with Crippen molar-refractivity contribution in [3.63, 3.8) is 0 Å². The Morgan fingerprint density at radius 1 is 1.19 bits per heavy atom. The fraction of sp³-hybridized carbons (Fsp3) is 0.350. The molecule has 2 aromatic rings. The molecule has 6 heteroatoms. The summed E-state index contributed by atoms with van der Waals surface area (Å²) < 4.78 is 25.4. The number of carbonyl (C=O) groups excluding carboxylic acids is 1. The lowest BCUT2D eigenvalue weighted by Crippen LogP contribution is -2.34. The third kappa shape index (κ3) is 3.60. The van der Waals surface area contributed by atoms with Gasteiger partial charge >= 0.3 is 0 Å². The molecular weight excluding hydrogens is 348 g/mol. The Morgan fingerprint density at radius 3 is 2.58 bits per heavy atom. The first-order chi connectivity index (χ1) is 12.2. The molecule has 1 heterocycles. The number of sulfonamides is 1. The lowest BCUT2D eigenvalue weighted by Gasteiger charge is -2.21. The van der Waals surface area contributed by atoms with Gasteiger partial charge < -0.3 is 5.32 Å². The molecular formula is C20H24N2O3S. The van der Waals surface area contributed by atoms with Crippen molar-refractivity contribution in [3.8, 4) is 0 Å². The molecule has 0 bridgehead atoms. The van der Waals surface area contributed by atoms with Crippen LogP contribution in [0.2, 0.25) is 0 Å². The maximum absolute atomic E-state index is 12.5. The number of hydrogen-bond acceptors (Lipinski definition) is 3. The van der Waals surface area contributed by atoms with E-state index in [1.54, 1.807) is 18.2 Å². The van der Waals surface area contributed by atoms with E-state index in [0.717, 1.165) is 16.7 Å². The van der Waals surface area contributed by atoms with E-state index in [0.29, 0.717) is 24.2 Å². The van der Waals surface area contributed by atoms with Crippen LogP contribution in [-0.4, -0.2) is 26.6 Å². The van der Waals surface area contributed by atoms with Gasteiger partial charge in [-0.25, -0.2) is 8.42 Å². The van der Waals surface area contributed by atoms with Crippen molar-refractivity contribution in [2.24, 2.45) is 0 Å². The number of aryl methyl sites for hydroxylation is 2. The van der Waals surface area contributed by atoms with Gasteiger partial charge in [0.2, 0.25) is 10.0 Å². The number of hydrogen-bond donors (Lipinski definition) is 1. The van der Waals surface area contributed by atoms with Gasteiger partial charge in [-0.15, -0.1) is 0 Å². The van der Waals surface area contributed by atoms with Gasteiger partial charge in [0, 0.05) is 18.2 Å². The zero-order valence-corrected chi connectivity index (χ0v) is 16.4. The summed E-state index contributed by atoms with van der Waals surface area (Å²) in [5.74, 6) is -0.154. The Kier molecular flexibility index (Phi) is 4.80. The monoisotopic (exact) mass is 372 g/mol. The number of benzene rings is 2. The number of amides is 1. The zero-order valence-electron chi connectivity index (χ0n) is 15.5. The highest BCUT2D eigenvalue weighted by Crippen LogP contribution is 2.34. The minimum atomic E-state index is -3.32. The van der Waals surface area contributed by atoms with E-state index in [1.165, 1.54) is 16.1 Å². The predicted molar refractivity (Wildman–Crippen MR) is 104 cm³/mol. The lowest BCUT2D eigenvalue weighted by atomic mass is 10.0. The molecule has 1 aliphatic rings. The van der Waals surface area contributed by atoms with Crippen molar-refractivity contribution < 1.29 is 13.2 Å². The Labute approximate surface area is 155 Å². The van der Waals surface area contributed by atoms with Crippen LogP contribution in [0.5, 0.6) is 0 Å². The first kappa shape index (κ1) is 18.5. The Morgan fingerprint density at radius 2 is 1.92 bits per heavy atom. The standard InChI is InChI=1S/C20H24N2O3S/c1-13-5-6-17(14(2)9-13)12-21-20(23)16-7-8-19-18(11-16)10-15(3)22(19)26(4,24)25/h5-9,11,15H,10,12H2,1-4H3,(H,21,23). The van der Waals surface area contributed by atoms with Crippen molar-refractivity contribution in [2.45, 2.75) is 39.8 Å².